The van der Waals surface area contributed by atoms with Crippen LogP contribution in [0.1, 0.15) is 38.4 Å². The van der Waals surface area contributed by atoms with Crippen molar-refractivity contribution in [2.45, 2.75) is 45.6 Å². The number of halogens is 1. The monoisotopic (exact) mass is 227 g/mol. The van der Waals surface area contributed by atoms with Crippen LogP contribution in [0.5, 0.6) is 5.75 Å². The molecule has 0 aliphatic heterocycles. The fourth-order valence-electron chi connectivity index (χ4n) is 1.13. The summed E-state index contributed by atoms with van der Waals surface area (Å²) < 4.78 is 5.93. The van der Waals surface area contributed by atoms with Gasteiger partial charge in [0.25, 0.3) is 0 Å². The van der Waals surface area contributed by atoms with Crippen molar-refractivity contribution in [2.75, 3.05) is 0 Å². The summed E-state index contributed by atoms with van der Waals surface area (Å²) >= 11 is 5.84. The van der Waals surface area contributed by atoms with E-state index in [1.165, 1.54) is 0 Å². The van der Waals surface area contributed by atoms with Gasteiger partial charge in [0.1, 0.15) is 11.4 Å². The van der Waals surface area contributed by atoms with Crippen LogP contribution < -0.4 is 4.74 Å². The number of pyridine rings is 1. The maximum atomic E-state index is 5.93. The SMILES string of the molecule is CCC(C)(C)Oc1cc(C)ncc1CCl. The third-order valence-corrected chi connectivity index (χ3v) is 2.75. The number of aryl methyl sites for hydroxylation is 1. The van der Waals surface area contributed by atoms with Gasteiger partial charge in [0.15, 0.2) is 0 Å². The minimum atomic E-state index is -0.158. The van der Waals surface area contributed by atoms with Gasteiger partial charge >= 0.3 is 0 Å². The van der Waals surface area contributed by atoms with Gasteiger partial charge in [-0.15, -0.1) is 11.6 Å². The van der Waals surface area contributed by atoms with Crippen molar-refractivity contribution in [1.82, 2.24) is 4.98 Å². The lowest BCUT2D eigenvalue weighted by atomic mass is 10.1. The Kier molecular flexibility index (Phi) is 3.97. The summed E-state index contributed by atoms with van der Waals surface area (Å²) in [6.45, 7) is 8.19. The predicted octanol–water partition coefficient (Wildman–Crippen LogP) is 3.70. The molecule has 0 aliphatic rings. The Morgan fingerprint density at radius 1 is 1.47 bits per heavy atom. The number of rotatable bonds is 4. The molecule has 84 valence electrons. The maximum Gasteiger partial charge on any atom is 0.127 e. The van der Waals surface area contributed by atoms with Crippen LogP contribution in [0.25, 0.3) is 0 Å². The van der Waals surface area contributed by atoms with Gasteiger partial charge < -0.3 is 4.74 Å². The third-order valence-electron chi connectivity index (χ3n) is 2.46. The smallest absolute Gasteiger partial charge is 0.127 e. The zero-order valence-electron chi connectivity index (χ0n) is 9.80. The molecule has 2 nitrogen and oxygen atoms in total. The molecule has 0 spiro atoms. The Morgan fingerprint density at radius 3 is 2.67 bits per heavy atom. The van der Waals surface area contributed by atoms with Gasteiger partial charge in [-0.05, 0) is 27.2 Å². The van der Waals surface area contributed by atoms with E-state index in [0.29, 0.717) is 5.88 Å². The summed E-state index contributed by atoms with van der Waals surface area (Å²) in [7, 11) is 0. The van der Waals surface area contributed by atoms with Crippen molar-refractivity contribution in [3.63, 3.8) is 0 Å². The lowest BCUT2D eigenvalue weighted by molar-refractivity contribution is 0.104. The highest BCUT2D eigenvalue weighted by atomic mass is 35.5. The molecule has 0 N–H and O–H groups in total. The zero-order chi connectivity index (χ0) is 11.5. The first kappa shape index (κ1) is 12.3. The van der Waals surface area contributed by atoms with Gasteiger partial charge in [-0.1, -0.05) is 6.92 Å². The summed E-state index contributed by atoms with van der Waals surface area (Å²) in [5.74, 6) is 1.28. The summed E-state index contributed by atoms with van der Waals surface area (Å²) in [6.07, 6.45) is 2.74. The van der Waals surface area contributed by atoms with Gasteiger partial charge in [0.05, 0.1) is 5.88 Å². The molecule has 1 aromatic heterocycles. The lowest BCUT2D eigenvalue weighted by Crippen LogP contribution is -2.27. The number of aromatic nitrogens is 1. The third kappa shape index (κ3) is 3.38. The Labute approximate surface area is 96.6 Å². The average molecular weight is 228 g/mol. The van der Waals surface area contributed by atoms with Gasteiger partial charge in [-0.2, -0.15) is 0 Å². The number of hydrogen-bond acceptors (Lipinski definition) is 2. The lowest BCUT2D eigenvalue weighted by Gasteiger charge is -2.26. The quantitative estimate of drug-likeness (QED) is 0.732. The molecule has 3 heteroatoms. The Morgan fingerprint density at radius 2 is 2.13 bits per heavy atom. The molecule has 0 atom stereocenters. The van der Waals surface area contributed by atoms with Crippen molar-refractivity contribution in [2.24, 2.45) is 0 Å². The molecule has 0 saturated carbocycles. The molecule has 0 saturated heterocycles. The summed E-state index contributed by atoms with van der Waals surface area (Å²) in [5.41, 5.74) is 1.74. The summed E-state index contributed by atoms with van der Waals surface area (Å²) in [5, 5.41) is 0. The second kappa shape index (κ2) is 4.84. The first-order valence-corrected chi connectivity index (χ1v) is 5.72. The minimum absolute atomic E-state index is 0.158. The van der Waals surface area contributed by atoms with Crippen LogP contribution in [0, 0.1) is 6.92 Å². The van der Waals surface area contributed by atoms with Crippen molar-refractivity contribution in [3.8, 4) is 5.75 Å². The van der Waals surface area contributed by atoms with Gasteiger partial charge in [-0.25, -0.2) is 0 Å². The molecule has 15 heavy (non-hydrogen) atoms. The standard InChI is InChI=1S/C12H18ClNO/c1-5-12(3,4)15-11-6-9(2)14-8-10(11)7-13/h6,8H,5,7H2,1-4H3. The van der Waals surface area contributed by atoms with Crippen LogP contribution in [0.2, 0.25) is 0 Å². The van der Waals surface area contributed by atoms with E-state index >= 15 is 0 Å². The molecule has 0 radical (unpaired) electrons. The molecule has 0 fully saturated rings. The zero-order valence-corrected chi connectivity index (χ0v) is 10.6. The topological polar surface area (TPSA) is 22.1 Å². The van der Waals surface area contributed by atoms with Crippen LogP contribution >= 0.6 is 11.6 Å². The van der Waals surface area contributed by atoms with Crippen molar-refractivity contribution in [1.29, 1.82) is 0 Å². The number of alkyl halides is 1. The van der Waals surface area contributed by atoms with E-state index in [9.17, 15) is 0 Å². The molecule has 0 amide bonds. The molecule has 1 heterocycles. The molecule has 0 bridgehead atoms. The first-order valence-electron chi connectivity index (χ1n) is 5.19. The fourth-order valence-corrected chi connectivity index (χ4v) is 1.33. The normalized spacial score (nSPS) is 11.5. The second-order valence-electron chi connectivity index (χ2n) is 4.28. The van der Waals surface area contributed by atoms with E-state index in [-0.39, 0.29) is 5.60 Å². The maximum absolute atomic E-state index is 5.93. The fraction of sp³-hybridized carbons (Fsp3) is 0.583. The minimum Gasteiger partial charge on any atom is -0.487 e. The van der Waals surface area contributed by atoms with Crippen molar-refractivity contribution in [3.05, 3.63) is 23.5 Å². The van der Waals surface area contributed by atoms with E-state index in [2.05, 4.69) is 25.8 Å². The highest BCUT2D eigenvalue weighted by molar-refractivity contribution is 6.17. The van der Waals surface area contributed by atoms with E-state index in [0.717, 1.165) is 23.4 Å². The highest BCUT2D eigenvalue weighted by Crippen LogP contribution is 2.26. The summed E-state index contributed by atoms with van der Waals surface area (Å²) in [4.78, 5) is 4.20. The van der Waals surface area contributed by atoms with E-state index in [4.69, 9.17) is 16.3 Å². The molecule has 1 rings (SSSR count). The second-order valence-corrected chi connectivity index (χ2v) is 4.55. The molecular weight excluding hydrogens is 210 g/mol. The summed E-state index contributed by atoms with van der Waals surface area (Å²) in [6, 6.07) is 1.94. The van der Waals surface area contributed by atoms with Gasteiger partial charge in [-0.3, -0.25) is 4.98 Å². The van der Waals surface area contributed by atoms with Gasteiger partial charge in [0.2, 0.25) is 0 Å². The first-order chi connectivity index (χ1) is 6.98. The molecule has 0 unspecified atom stereocenters. The highest BCUT2D eigenvalue weighted by Gasteiger charge is 2.18. The van der Waals surface area contributed by atoms with Crippen LogP contribution in [-0.2, 0) is 5.88 Å². The van der Waals surface area contributed by atoms with Crippen molar-refractivity contribution < 1.29 is 4.74 Å². The molecule has 0 aliphatic carbocycles. The van der Waals surface area contributed by atoms with Gasteiger partial charge in [0, 0.05) is 23.5 Å². The van der Waals surface area contributed by atoms with Crippen LogP contribution in [0.15, 0.2) is 12.3 Å². The Balaban J connectivity index is 2.97. The number of hydrogen-bond donors (Lipinski definition) is 0. The van der Waals surface area contributed by atoms with E-state index in [1.54, 1.807) is 6.20 Å². The molecular formula is C12H18ClNO. The van der Waals surface area contributed by atoms with Crippen molar-refractivity contribution >= 4 is 11.6 Å². The van der Waals surface area contributed by atoms with Crippen LogP contribution in [-0.4, -0.2) is 10.6 Å². The number of nitrogens with zero attached hydrogens (tertiary/aromatic N) is 1. The van der Waals surface area contributed by atoms with Crippen LogP contribution in [0.3, 0.4) is 0 Å². The largest absolute Gasteiger partial charge is 0.487 e. The number of ether oxygens (including phenoxy) is 1. The average Bonchev–Trinajstić information content (AvgIpc) is 2.18. The van der Waals surface area contributed by atoms with E-state index < -0.39 is 0 Å². The Bertz CT molecular complexity index is 336. The Hall–Kier alpha value is -0.760. The predicted molar refractivity (Wildman–Crippen MR) is 63.5 cm³/mol. The van der Waals surface area contributed by atoms with Crippen LogP contribution in [0.4, 0.5) is 0 Å². The van der Waals surface area contributed by atoms with E-state index in [1.807, 2.05) is 13.0 Å². The molecule has 1 aromatic rings. The molecule has 0 aromatic carbocycles.